The van der Waals surface area contributed by atoms with Gasteiger partial charge in [0.25, 0.3) is 5.91 Å². The molecule has 2 aliphatic heterocycles. The average molecular weight is 461 g/mol. The molecule has 3 amide bonds. The maximum atomic E-state index is 13.5. The van der Waals surface area contributed by atoms with Gasteiger partial charge in [-0.2, -0.15) is 0 Å². The van der Waals surface area contributed by atoms with Crippen molar-refractivity contribution in [2.75, 3.05) is 6.54 Å². The topological polar surface area (TPSA) is 122 Å². The van der Waals surface area contributed by atoms with Gasteiger partial charge in [0.15, 0.2) is 0 Å². The standard InChI is InChI=1S/C25H40N4O4/c1-25(2)16-14-29-20(19(16)25)22(31)28-18(21(30)23(32)27-15-12-13-15)11-9-7-5-3-4-6-8-10-17(26)24(29)33/h15-20H,3-14,26H2,1-2H3,(H,27,32)(H,28,31)/t16-,17-,18-,19-,20-/m0/s1. The van der Waals surface area contributed by atoms with Gasteiger partial charge >= 0.3 is 0 Å². The first-order chi connectivity index (χ1) is 15.7. The number of carbonyl (C=O) groups excluding carboxylic acids is 4. The zero-order chi connectivity index (χ0) is 23.8. The highest BCUT2D eigenvalue weighted by molar-refractivity contribution is 6.38. The Balaban J connectivity index is 1.52. The molecule has 4 fully saturated rings. The molecule has 2 aliphatic carbocycles. The minimum atomic E-state index is -0.851. The van der Waals surface area contributed by atoms with Crippen LogP contribution >= 0.6 is 0 Å². The molecule has 2 saturated carbocycles. The van der Waals surface area contributed by atoms with Gasteiger partial charge in [-0.3, -0.25) is 19.2 Å². The molecule has 184 valence electrons. The number of carbonyl (C=O) groups is 4. The Labute approximate surface area is 196 Å². The molecule has 0 unspecified atom stereocenters. The van der Waals surface area contributed by atoms with Crippen molar-refractivity contribution in [3.05, 3.63) is 0 Å². The third-order valence-electron chi connectivity index (χ3n) is 8.35. The summed E-state index contributed by atoms with van der Waals surface area (Å²) in [6.07, 6.45) is 9.85. The number of hydrogen-bond donors (Lipinski definition) is 3. The van der Waals surface area contributed by atoms with Crippen LogP contribution in [0.1, 0.15) is 84.5 Å². The number of nitrogens with one attached hydrogen (secondary N) is 2. The van der Waals surface area contributed by atoms with Gasteiger partial charge < -0.3 is 21.3 Å². The number of piperidine rings is 1. The highest BCUT2D eigenvalue weighted by Gasteiger charge is 2.69. The van der Waals surface area contributed by atoms with Crippen molar-refractivity contribution in [2.24, 2.45) is 23.0 Å². The maximum Gasteiger partial charge on any atom is 0.289 e. The second-order valence-electron chi connectivity index (χ2n) is 11.2. The van der Waals surface area contributed by atoms with Gasteiger partial charge in [-0.25, -0.2) is 0 Å². The Morgan fingerprint density at radius 2 is 1.58 bits per heavy atom. The molecular formula is C25H40N4O4. The third kappa shape index (κ3) is 5.26. The van der Waals surface area contributed by atoms with Crippen LogP contribution in [0.5, 0.6) is 0 Å². The summed E-state index contributed by atoms with van der Waals surface area (Å²) in [6.45, 7) is 4.78. The molecule has 0 bridgehead atoms. The van der Waals surface area contributed by atoms with Gasteiger partial charge in [0, 0.05) is 12.6 Å². The summed E-state index contributed by atoms with van der Waals surface area (Å²) in [5.74, 6) is -1.35. The van der Waals surface area contributed by atoms with Gasteiger partial charge in [-0.05, 0) is 42.9 Å². The Bertz CT molecular complexity index is 793. The Morgan fingerprint density at radius 3 is 2.21 bits per heavy atom. The van der Waals surface area contributed by atoms with E-state index in [4.69, 9.17) is 5.73 Å². The second kappa shape index (κ2) is 9.72. The number of nitrogens with zero attached hydrogens (tertiary/aromatic N) is 1. The lowest BCUT2D eigenvalue weighted by Gasteiger charge is -2.33. The molecule has 4 aliphatic rings. The number of hydrogen-bond acceptors (Lipinski definition) is 5. The summed E-state index contributed by atoms with van der Waals surface area (Å²) in [7, 11) is 0. The van der Waals surface area contributed by atoms with E-state index in [-0.39, 0.29) is 35.1 Å². The Hall–Kier alpha value is -1.96. The molecule has 0 radical (unpaired) electrons. The quantitative estimate of drug-likeness (QED) is 0.553. The van der Waals surface area contributed by atoms with Crippen molar-refractivity contribution in [1.29, 1.82) is 0 Å². The number of rotatable bonds is 3. The number of amides is 3. The van der Waals surface area contributed by atoms with E-state index >= 15 is 0 Å². The zero-order valence-electron chi connectivity index (χ0n) is 20.1. The lowest BCUT2D eigenvalue weighted by molar-refractivity contribution is -0.144. The van der Waals surface area contributed by atoms with Gasteiger partial charge in [-0.15, -0.1) is 0 Å². The second-order valence-corrected chi connectivity index (χ2v) is 11.2. The third-order valence-corrected chi connectivity index (χ3v) is 8.35. The van der Waals surface area contributed by atoms with E-state index in [2.05, 4.69) is 24.5 Å². The summed E-state index contributed by atoms with van der Waals surface area (Å²) in [5, 5.41) is 5.64. The fourth-order valence-electron chi connectivity index (χ4n) is 5.91. The first-order valence-corrected chi connectivity index (χ1v) is 12.9. The van der Waals surface area contributed by atoms with Crippen molar-refractivity contribution < 1.29 is 19.2 Å². The lowest BCUT2D eigenvalue weighted by Crippen LogP contribution is -2.57. The average Bonchev–Trinajstić information content (AvgIpc) is 3.62. The van der Waals surface area contributed by atoms with Crippen molar-refractivity contribution in [1.82, 2.24) is 15.5 Å². The van der Waals surface area contributed by atoms with Crippen LogP contribution in [0.2, 0.25) is 0 Å². The molecule has 0 aromatic heterocycles. The van der Waals surface area contributed by atoms with E-state index in [0.29, 0.717) is 19.4 Å². The molecule has 8 heteroatoms. The normalized spacial score (nSPS) is 35.2. The van der Waals surface area contributed by atoms with Crippen LogP contribution in [0.25, 0.3) is 0 Å². The molecule has 4 rings (SSSR count). The van der Waals surface area contributed by atoms with E-state index < -0.39 is 29.8 Å². The minimum Gasteiger partial charge on any atom is -0.347 e. The molecule has 2 heterocycles. The molecular weight excluding hydrogens is 420 g/mol. The van der Waals surface area contributed by atoms with Crippen LogP contribution in [0.3, 0.4) is 0 Å². The summed E-state index contributed by atoms with van der Waals surface area (Å²) in [5.41, 5.74) is 6.23. The van der Waals surface area contributed by atoms with E-state index in [9.17, 15) is 19.2 Å². The fourth-order valence-corrected chi connectivity index (χ4v) is 5.91. The predicted molar refractivity (Wildman–Crippen MR) is 124 cm³/mol. The summed E-state index contributed by atoms with van der Waals surface area (Å²) >= 11 is 0. The van der Waals surface area contributed by atoms with Crippen LogP contribution in [0.15, 0.2) is 0 Å². The molecule has 33 heavy (non-hydrogen) atoms. The fraction of sp³-hybridized carbons (Fsp3) is 0.840. The molecule has 5 atom stereocenters. The van der Waals surface area contributed by atoms with E-state index in [1.165, 1.54) is 0 Å². The van der Waals surface area contributed by atoms with E-state index in [1.54, 1.807) is 4.90 Å². The van der Waals surface area contributed by atoms with Gasteiger partial charge in [-0.1, -0.05) is 58.8 Å². The van der Waals surface area contributed by atoms with Crippen LogP contribution in [-0.4, -0.2) is 59.1 Å². The smallest absolute Gasteiger partial charge is 0.289 e. The number of nitrogens with two attached hydrogens (primary N) is 1. The van der Waals surface area contributed by atoms with Crippen LogP contribution in [0, 0.1) is 17.3 Å². The van der Waals surface area contributed by atoms with Crippen LogP contribution in [-0.2, 0) is 19.2 Å². The molecule has 0 aromatic rings. The molecule has 0 spiro atoms. The Morgan fingerprint density at radius 1 is 0.970 bits per heavy atom. The number of Topliss-reactive ketones (excluding diaryl/α,β-unsaturated/α-hetero) is 1. The van der Waals surface area contributed by atoms with Crippen molar-refractivity contribution in [3.8, 4) is 0 Å². The highest BCUT2D eigenvalue weighted by Crippen LogP contribution is 2.64. The predicted octanol–water partition coefficient (Wildman–Crippen LogP) is 1.65. The number of ketones is 1. The van der Waals surface area contributed by atoms with Gasteiger partial charge in [0.05, 0.1) is 12.1 Å². The van der Waals surface area contributed by atoms with Crippen molar-refractivity contribution in [2.45, 2.75) is 109 Å². The largest absolute Gasteiger partial charge is 0.347 e. The van der Waals surface area contributed by atoms with E-state index in [0.717, 1.165) is 57.8 Å². The first kappa shape index (κ1) is 24.2. The summed E-state index contributed by atoms with van der Waals surface area (Å²) < 4.78 is 0. The molecule has 0 aromatic carbocycles. The van der Waals surface area contributed by atoms with Gasteiger partial charge in [0.2, 0.25) is 17.6 Å². The molecule has 4 N–H and O–H groups in total. The first-order valence-electron chi connectivity index (χ1n) is 12.9. The van der Waals surface area contributed by atoms with E-state index in [1.807, 2.05) is 0 Å². The van der Waals surface area contributed by atoms with Crippen LogP contribution in [0.4, 0.5) is 0 Å². The van der Waals surface area contributed by atoms with Crippen molar-refractivity contribution in [3.63, 3.8) is 0 Å². The molecule has 2 saturated heterocycles. The maximum absolute atomic E-state index is 13.5. The number of fused-ring (bicyclic) bond motifs is 3. The van der Waals surface area contributed by atoms with Crippen LogP contribution < -0.4 is 16.4 Å². The lowest BCUT2D eigenvalue weighted by atomic mass is 9.97. The highest BCUT2D eigenvalue weighted by atomic mass is 16.2. The molecule has 8 nitrogen and oxygen atoms in total. The summed E-state index contributed by atoms with van der Waals surface area (Å²) in [6, 6.07) is -2.00. The van der Waals surface area contributed by atoms with Gasteiger partial charge in [0.1, 0.15) is 6.04 Å². The monoisotopic (exact) mass is 460 g/mol. The SMILES string of the molecule is CC1(C)[C@@H]2[C@H]3C(=O)N[C@H](C(=O)C(=O)NC4CC4)CCCCCCCCC[C@H](N)C(=O)N3C[C@@H]21. The minimum absolute atomic E-state index is 0.0213. The summed E-state index contributed by atoms with van der Waals surface area (Å²) in [4.78, 5) is 53.8. The Kier molecular flexibility index (Phi) is 7.12. The zero-order valence-corrected chi connectivity index (χ0v) is 20.1. The van der Waals surface area contributed by atoms with Crippen molar-refractivity contribution >= 4 is 23.5 Å².